The molecule has 0 saturated heterocycles. The molecule has 5 heteroatoms. The minimum atomic E-state index is -0.528. The van der Waals surface area contributed by atoms with Gasteiger partial charge in [0.05, 0.1) is 16.7 Å². The molecule has 0 spiro atoms. The molecular formula is C23H17NO4. The number of carbonyl (C=O) groups excluding carboxylic acids is 3. The van der Waals surface area contributed by atoms with Gasteiger partial charge < -0.3 is 9.30 Å². The fourth-order valence-corrected chi connectivity index (χ4v) is 4.47. The van der Waals surface area contributed by atoms with E-state index in [4.69, 9.17) is 4.74 Å². The second-order valence-electron chi connectivity index (χ2n) is 7.28. The quantitative estimate of drug-likeness (QED) is 0.378. The van der Waals surface area contributed by atoms with Gasteiger partial charge in [-0.3, -0.25) is 14.4 Å². The van der Waals surface area contributed by atoms with Crippen LogP contribution < -0.4 is 4.74 Å². The van der Waals surface area contributed by atoms with Crippen molar-refractivity contribution in [2.45, 2.75) is 26.3 Å². The summed E-state index contributed by atoms with van der Waals surface area (Å²) >= 11 is 0. The van der Waals surface area contributed by atoms with Crippen molar-refractivity contribution in [1.29, 1.82) is 0 Å². The number of esters is 1. The van der Waals surface area contributed by atoms with Crippen molar-refractivity contribution >= 4 is 17.5 Å². The van der Waals surface area contributed by atoms with Crippen LogP contribution in [0.15, 0.2) is 48.7 Å². The fraction of sp³-hybridized carbons (Fsp3) is 0.174. The first-order chi connectivity index (χ1) is 13.5. The van der Waals surface area contributed by atoms with Crippen molar-refractivity contribution in [2.24, 2.45) is 0 Å². The Kier molecular flexibility index (Phi) is 3.43. The van der Waals surface area contributed by atoms with E-state index in [9.17, 15) is 14.4 Å². The molecule has 5 rings (SSSR count). The van der Waals surface area contributed by atoms with E-state index in [1.54, 1.807) is 24.4 Å². The van der Waals surface area contributed by atoms with Gasteiger partial charge in [-0.15, -0.1) is 0 Å². The van der Waals surface area contributed by atoms with E-state index >= 15 is 0 Å². The largest absolute Gasteiger partial charge is 0.426 e. The van der Waals surface area contributed by atoms with Gasteiger partial charge >= 0.3 is 5.97 Å². The van der Waals surface area contributed by atoms with Crippen LogP contribution in [-0.4, -0.2) is 22.1 Å². The van der Waals surface area contributed by atoms with Crippen LogP contribution in [0.3, 0.4) is 0 Å². The minimum Gasteiger partial charge on any atom is -0.426 e. The number of aromatic nitrogens is 1. The lowest BCUT2D eigenvalue weighted by atomic mass is 9.81. The van der Waals surface area contributed by atoms with Crippen molar-refractivity contribution in [3.05, 3.63) is 87.7 Å². The van der Waals surface area contributed by atoms with Crippen LogP contribution in [0.25, 0.3) is 0 Å². The maximum Gasteiger partial charge on any atom is 0.308 e. The molecule has 0 fully saturated rings. The first-order valence-corrected chi connectivity index (χ1v) is 9.19. The molecule has 2 aromatic carbocycles. The number of benzene rings is 2. The SMILES string of the molecule is CC(=O)Oc1cccc2c1C(=O)c1cn3c(c1C2=O)C(C)c1ccccc1C3. The molecule has 0 radical (unpaired) electrons. The van der Waals surface area contributed by atoms with Gasteiger partial charge in [0.15, 0.2) is 11.6 Å². The van der Waals surface area contributed by atoms with E-state index in [1.165, 1.54) is 18.1 Å². The highest BCUT2D eigenvalue weighted by Crippen LogP contribution is 2.42. The fourth-order valence-electron chi connectivity index (χ4n) is 4.47. The second kappa shape index (κ2) is 5.76. The normalized spacial score (nSPS) is 16.7. The molecule has 2 aliphatic rings. The van der Waals surface area contributed by atoms with Crippen molar-refractivity contribution < 1.29 is 19.1 Å². The topological polar surface area (TPSA) is 65.4 Å². The molecule has 5 nitrogen and oxygen atoms in total. The van der Waals surface area contributed by atoms with Crippen LogP contribution in [0.5, 0.6) is 5.75 Å². The number of ether oxygens (including phenoxy) is 1. The number of ketones is 2. The first kappa shape index (κ1) is 16.7. The number of carbonyl (C=O) groups is 3. The first-order valence-electron chi connectivity index (χ1n) is 9.19. The van der Waals surface area contributed by atoms with Crippen LogP contribution in [0.2, 0.25) is 0 Å². The Morgan fingerprint density at radius 1 is 1.00 bits per heavy atom. The van der Waals surface area contributed by atoms with Crippen LogP contribution in [-0.2, 0) is 11.3 Å². The predicted octanol–water partition coefficient (Wildman–Crippen LogP) is 3.70. The monoisotopic (exact) mass is 371 g/mol. The molecule has 3 aromatic rings. The molecular weight excluding hydrogens is 354 g/mol. The van der Waals surface area contributed by atoms with Gasteiger partial charge in [0, 0.05) is 36.8 Å². The van der Waals surface area contributed by atoms with Gasteiger partial charge in [-0.25, -0.2) is 0 Å². The van der Waals surface area contributed by atoms with Gasteiger partial charge in [0.25, 0.3) is 0 Å². The summed E-state index contributed by atoms with van der Waals surface area (Å²) in [5.41, 5.74) is 4.55. The maximum atomic E-state index is 13.4. The Morgan fingerprint density at radius 3 is 2.54 bits per heavy atom. The zero-order chi connectivity index (χ0) is 19.6. The number of hydrogen-bond donors (Lipinski definition) is 0. The standard InChI is InChI=1S/C23H17NO4/c1-12-15-7-4-3-6-14(15)10-24-11-17-20(21(12)24)22(26)16-8-5-9-18(28-13(2)25)19(16)23(17)27/h3-9,11-12H,10H2,1-2H3. The molecule has 1 aliphatic heterocycles. The van der Waals surface area contributed by atoms with E-state index in [1.807, 2.05) is 16.7 Å². The molecule has 0 saturated carbocycles. The van der Waals surface area contributed by atoms with Crippen LogP contribution >= 0.6 is 0 Å². The zero-order valence-electron chi connectivity index (χ0n) is 15.5. The van der Waals surface area contributed by atoms with E-state index in [-0.39, 0.29) is 34.4 Å². The Labute approximate surface area is 161 Å². The number of fused-ring (bicyclic) bond motifs is 5. The summed E-state index contributed by atoms with van der Waals surface area (Å²) in [5.74, 6) is -0.865. The summed E-state index contributed by atoms with van der Waals surface area (Å²) in [5, 5.41) is 0. The average Bonchev–Trinajstić information content (AvgIpc) is 3.06. The molecule has 1 aromatic heterocycles. The summed E-state index contributed by atoms with van der Waals surface area (Å²) in [7, 11) is 0. The van der Waals surface area contributed by atoms with Gasteiger partial charge in [-0.1, -0.05) is 43.3 Å². The highest BCUT2D eigenvalue weighted by Gasteiger charge is 2.39. The average molecular weight is 371 g/mol. The van der Waals surface area contributed by atoms with Crippen molar-refractivity contribution in [3.63, 3.8) is 0 Å². The van der Waals surface area contributed by atoms with Crippen molar-refractivity contribution in [2.75, 3.05) is 0 Å². The molecule has 0 N–H and O–H groups in total. The molecule has 0 amide bonds. The summed E-state index contributed by atoms with van der Waals surface area (Å²) in [6.07, 6.45) is 1.77. The molecule has 1 atom stereocenters. The zero-order valence-corrected chi connectivity index (χ0v) is 15.5. The molecule has 28 heavy (non-hydrogen) atoms. The van der Waals surface area contributed by atoms with Crippen LogP contribution in [0, 0.1) is 0 Å². The number of nitrogens with zero attached hydrogens (tertiary/aromatic N) is 1. The number of rotatable bonds is 1. The highest BCUT2D eigenvalue weighted by molar-refractivity contribution is 6.30. The molecule has 138 valence electrons. The molecule has 1 unspecified atom stereocenters. The second-order valence-corrected chi connectivity index (χ2v) is 7.28. The van der Waals surface area contributed by atoms with Gasteiger partial charge in [0.1, 0.15) is 5.75 Å². The Balaban J connectivity index is 1.72. The smallest absolute Gasteiger partial charge is 0.308 e. The lowest BCUT2D eigenvalue weighted by Crippen LogP contribution is -2.24. The number of hydrogen-bond acceptors (Lipinski definition) is 4. The lowest BCUT2D eigenvalue weighted by Gasteiger charge is -2.27. The van der Waals surface area contributed by atoms with Crippen molar-refractivity contribution in [1.82, 2.24) is 4.57 Å². The third-order valence-electron chi connectivity index (χ3n) is 5.62. The van der Waals surface area contributed by atoms with Crippen molar-refractivity contribution in [3.8, 4) is 5.75 Å². The maximum absolute atomic E-state index is 13.4. The van der Waals surface area contributed by atoms with E-state index in [0.717, 1.165) is 5.69 Å². The van der Waals surface area contributed by atoms with Crippen LogP contribution in [0.4, 0.5) is 0 Å². The van der Waals surface area contributed by atoms with E-state index < -0.39 is 5.97 Å². The molecule has 1 aliphatic carbocycles. The minimum absolute atomic E-state index is 0.00338. The molecule has 0 bridgehead atoms. The summed E-state index contributed by atoms with van der Waals surface area (Å²) in [6, 6.07) is 12.9. The highest BCUT2D eigenvalue weighted by atomic mass is 16.5. The lowest BCUT2D eigenvalue weighted by molar-refractivity contribution is -0.131. The summed E-state index contributed by atoms with van der Waals surface area (Å²) < 4.78 is 7.21. The predicted molar refractivity (Wildman–Crippen MR) is 102 cm³/mol. The van der Waals surface area contributed by atoms with Gasteiger partial charge in [-0.05, 0) is 17.2 Å². The van der Waals surface area contributed by atoms with Gasteiger partial charge in [0.2, 0.25) is 0 Å². The van der Waals surface area contributed by atoms with Gasteiger partial charge in [-0.2, -0.15) is 0 Å². The Morgan fingerprint density at radius 2 is 1.75 bits per heavy atom. The molecule has 2 heterocycles. The summed E-state index contributed by atoms with van der Waals surface area (Å²) in [6.45, 7) is 3.96. The third-order valence-corrected chi connectivity index (χ3v) is 5.62. The third kappa shape index (κ3) is 2.16. The Hall–Kier alpha value is -3.47. The summed E-state index contributed by atoms with van der Waals surface area (Å²) in [4.78, 5) is 38.1. The van der Waals surface area contributed by atoms with E-state index in [2.05, 4.69) is 19.1 Å². The van der Waals surface area contributed by atoms with E-state index in [0.29, 0.717) is 17.7 Å². The Bertz CT molecular complexity index is 1200. The van der Waals surface area contributed by atoms with Crippen LogP contribution in [0.1, 0.15) is 68.4 Å².